The summed E-state index contributed by atoms with van der Waals surface area (Å²) in [5.41, 5.74) is 1.80. The minimum atomic E-state index is -3.87. The Hall–Kier alpha value is -2.17. The highest BCUT2D eigenvalue weighted by atomic mass is 32.2. The maximum Gasteiger partial charge on any atom is 0.247 e. The Labute approximate surface area is 221 Å². The van der Waals surface area contributed by atoms with E-state index in [-0.39, 0.29) is 30.1 Å². The average molecular weight is 533 g/mol. The zero-order chi connectivity index (χ0) is 26.6. The van der Waals surface area contributed by atoms with E-state index in [0.29, 0.717) is 18.2 Å². The summed E-state index contributed by atoms with van der Waals surface area (Å²) in [7, 11) is -0.146. The maximum absolute atomic E-state index is 13.7. The quantitative estimate of drug-likeness (QED) is 0.557. The number of sulfonamides is 1. The molecule has 2 heterocycles. The van der Waals surface area contributed by atoms with E-state index >= 15 is 0 Å². The smallest absolute Gasteiger partial charge is 0.247 e. The Morgan fingerprint density at radius 2 is 1.78 bits per heavy atom. The van der Waals surface area contributed by atoms with Crippen LogP contribution in [0.3, 0.4) is 0 Å². The van der Waals surface area contributed by atoms with Gasteiger partial charge in [0.05, 0.1) is 13.7 Å². The van der Waals surface area contributed by atoms with E-state index in [4.69, 9.17) is 14.2 Å². The van der Waals surface area contributed by atoms with Crippen molar-refractivity contribution in [2.24, 2.45) is 11.8 Å². The Bertz CT molecular complexity index is 1130. The number of hydrogen-bond donors (Lipinski definition) is 1. The lowest BCUT2D eigenvalue weighted by atomic mass is 9.98. The standard InChI is InChI=1S/C28H40N2O6S/c1-20-16-30(21(2)19-31)37(32,33)28-10-7-24(23-5-8-25(34-4)9-6-23)15-26(28)36-27(20)18-29(3)17-22-11-13-35-14-12-22/h5-10,15,20-22,27,31H,11-14,16-19H2,1-4H3/t20-,21-,27-/m0/s1. The molecule has 2 aromatic carbocycles. The molecule has 0 aromatic heterocycles. The van der Waals surface area contributed by atoms with Crippen molar-refractivity contribution in [2.45, 2.75) is 43.7 Å². The van der Waals surface area contributed by atoms with Gasteiger partial charge >= 0.3 is 0 Å². The molecule has 204 valence electrons. The molecule has 0 radical (unpaired) electrons. The lowest BCUT2D eigenvalue weighted by Crippen LogP contribution is -2.50. The van der Waals surface area contributed by atoms with Gasteiger partial charge < -0.3 is 24.2 Å². The summed E-state index contributed by atoms with van der Waals surface area (Å²) in [4.78, 5) is 2.43. The molecule has 37 heavy (non-hydrogen) atoms. The highest BCUT2D eigenvalue weighted by Gasteiger charge is 2.38. The van der Waals surface area contributed by atoms with Gasteiger partial charge in [-0.05, 0) is 68.1 Å². The van der Waals surface area contributed by atoms with Gasteiger partial charge in [-0.25, -0.2) is 8.42 Å². The molecule has 0 amide bonds. The molecule has 8 nitrogen and oxygen atoms in total. The van der Waals surface area contributed by atoms with E-state index in [0.717, 1.165) is 49.5 Å². The number of ether oxygens (including phenoxy) is 3. The molecule has 0 saturated carbocycles. The Kier molecular flexibility index (Phi) is 9.13. The molecule has 4 rings (SSSR count). The second-order valence-electron chi connectivity index (χ2n) is 10.4. The summed E-state index contributed by atoms with van der Waals surface area (Å²) >= 11 is 0. The van der Waals surface area contributed by atoms with Crippen LogP contribution in [0.2, 0.25) is 0 Å². The number of aliphatic hydroxyl groups excluding tert-OH is 1. The molecule has 2 aromatic rings. The number of nitrogens with zero attached hydrogens (tertiary/aromatic N) is 2. The van der Waals surface area contributed by atoms with Crippen molar-refractivity contribution in [3.05, 3.63) is 42.5 Å². The fourth-order valence-electron chi connectivity index (χ4n) is 5.16. The third-order valence-corrected chi connectivity index (χ3v) is 9.51. The lowest BCUT2D eigenvalue weighted by Gasteiger charge is -2.38. The average Bonchev–Trinajstić information content (AvgIpc) is 2.90. The van der Waals surface area contributed by atoms with Crippen LogP contribution in [0.5, 0.6) is 11.5 Å². The third kappa shape index (κ3) is 6.46. The molecule has 2 aliphatic heterocycles. The van der Waals surface area contributed by atoms with Gasteiger partial charge in [-0.3, -0.25) is 0 Å². The fourth-order valence-corrected chi connectivity index (χ4v) is 6.98. The number of likely N-dealkylation sites (N-methyl/N-ethyl adjacent to an activating group) is 1. The molecule has 1 N–H and O–H groups in total. The van der Waals surface area contributed by atoms with E-state index in [9.17, 15) is 13.5 Å². The molecule has 1 saturated heterocycles. The van der Waals surface area contributed by atoms with Crippen molar-refractivity contribution in [2.75, 3.05) is 53.6 Å². The first-order valence-corrected chi connectivity index (χ1v) is 14.5. The highest BCUT2D eigenvalue weighted by Crippen LogP contribution is 2.37. The first-order chi connectivity index (χ1) is 17.7. The van der Waals surface area contributed by atoms with Crippen molar-refractivity contribution in [3.8, 4) is 22.6 Å². The SMILES string of the molecule is COc1ccc(-c2ccc3c(c2)O[C@@H](CN(C)CC2CCOCC2)[C@@H](C)CN([C@@H](C)CO)S3(=O)=O)cc1. The lowest BCUT2D eigenvalue weighted by molar-refractivity contribution is 0.0402. The number of aliphatic hydroxyl groups is 1. The molecule has 2 aliphatic rings. The first kappa shape index (κ1) is 27.9. The number of rotatable bonds is 8. The van der Waals surface area contributed by atoms with Crippen molar-refractivity contribution in [3.63, 3.8) is 0 Å². The van der Waals surface area contributed by atoms with Crippen molar-refractivity contribution in [1.29, 1.82) is 0 Å². The zero-order valence-corrected chi connectivity index (χ0v) is 23.1. The molecule has 0 unspecified atom stereocenters. The van der Waals surface area contributed by atoms with Crippen LogP contribution in [0.1, 0.15) is 26.7 Å². The molecular weight excluding hydrogens is 492 g/mol. The second-order valence-corrected chi connectivity index (χ2v) is 12.3. The first-order valence-electron chi connectivity index (χ1n) is 13.1. The molecule has 9 heteroatoms. The minimum absolute atomic E-state index is 0.0845. The normalized spacial score (nSPS) is 23.5. The van der Waals surface area contributed by atoms with Crippen LogP contribution in [0.15, 0.2) is 47.4 Å². The molecule has 0 spiro atoms. The van der Waals surface area contributed by atoms with Crippen molar-refractivity contribution >= 4 is 10.0 Å². The summed E-state index contributed by atoms with van der Waals surface area (Å²) in [5.74, 6) is 1.60. The van der Waals surface area contributed by atoms with Crippen LogP contribution in [-0.2, 0) is 14.8 Å². The Morgan fingerprint density at radius 1 is 1.11 bits per heavy atom. The van der Waals surface area contributed by atoms with E-state index in [2.05, 4.69) is 11.9 Å². The number of methoxy groups -OCH3 is 1. The predicted octanol–water partition coefficient (Wildman–Crippen LogP) is 3.49. The van der Waals surface area contributed by atoms with Gasteiger partial charge in [-0.15, -0.1) is 0 Å². The number of hydrogen-bond acceptors (Lipinski definition) is 7. The van der Waals surface area contributed by atoms with Gasteiger partial charge in [0.15, 0.2) is 0 Å². The topological polar surface area (TPSA) is 88.5 Å². The Morgan fingerprint density at radius 3 is 2.43 bits per heavy atom. The van der Waals surface area contributed by atoms with Crippen LogP contribution >= 0.6 is 0 Å². The van der Waals surface area contributed by atoms with Crippen molar-refractivity contribution < 1.29 is 27.7 Å². The number of benzene rings is 2. The summed E-state index contributed by atoms with van der Waals surface area (Å²) < 4.78 is 46.2. The van der Waals surface area contributed by atoms with Crippen LogP contribution in [-0.4, -0.2) is 88.5 Å². The van der Waals surface area contributed by atoms with E-state index in [1.54, 1.807) is 26.2 Å². The van der Waals surface area contributed by atoms with Gasteiger partial charge in [-0.1, -0.05) is 25.1 Å². The third-order valence-electron chi connectivity index (χ3n) is 7.49. The molecule has 3 atom stereocenters. The van der Waals surface area contributed by atoms with E-state index in [1.165, 1.54) is 4.31 Å². The van der Waals surface area contributed by atoms with Crippen LogP contribution in [0.4, 0.5) is 0 Å². The predicted molar refractivity (Wildman–Crippen MR) is 143 cm³/mol. The van der Waals surface area contributed by atoms with Crippen LogP contribution in [0, 0.1) is 11.8 Å². The minimum Gasteiger partial charge on any atom is -0.497 e. The summed E-state index contributed by atoms with van der Waals surface area (Å²) in [6, 6.07) is 12.4. The zero-order valence-electron chi connectivity index (χ0n) is 22.3. The van der Waals surface area contributed by atoms with Crippen LogP contribution < -0.4 is 9.47 Å². The van der Waals surface area contributed by atoms with Gasteiger partial charge in [0, 0.05) is 44.8 Å². The second kappa shape index (κ2) is 12.1. The van der Waals surface area contributed by atoms with Gasteiger partial charge in [0.25, 0.3) is 0 Å². The van der Waals surface area contributed by atoms with E-state index in [1.807, 2.05) is 37.3 Å². The van der Waals surface area contributed by atoms with Crippen molar-refractivity contribution in [1.82, 2.24) is 9.21 Å². The van der Waals surface area contributed by atoms with Crippen LogP contribution in [0.25, 0.3) is 11.1 Å². The fraction of sp³-hybridized carbons (Fsp3) is 0.571. The number of fused-ring (bicyclic) bond motifs is 1. The molecular formula is C28H40N2O6S. The molecule has 0 bridgehead atoms. The monoisotopic (exact) mass is 532 g/mol. The molecule has 1 fully saturated rings. The summed E-state index contributed by atoms with van der Waals surface area (Å²) in [6.45, 7) is 7.03. The summed E-state index contributed by atoms with van der Waals surface area (Å²) in [6.07, 6.45) is 1.89. The maximum atomic E-state index is 13.7. The van der Waals surface area contributed by atoms with Gasteiger partial charge in [0.2, 0.25) is 10.0 Å². The van der Waals surface area contributed by atoms with Gasteiger partial charge in [0.1, 0.15) is 22.5 Å². The molecule has 0 aliphatic carbocycles. The Balaban J connectivity index is 1.68. The highest BCUT2D eigenvalue weighted by molar-refractivity contribution is 7.89. The van der Waals surface area contributed by atoms with E-state index < -0.39 is 16.1 Å². The summed E-state index contributed by atoms with van der Waals surface area (Å²) in [5, 5.41) is 9.88. The largest absolute Gasteiger partial charge is 0.497 e. The van der Waals surface area contributed by atoms with Gasteiger partial charge in [-0.2, -0.15) is 4.31 Å².